The predicted octanol–water partition coefficient (Wildman–Crippen LogP) is 1.48. The van der Waals surface area contributed by atoms with Crippen LogP contribution in [0.4, 0.5) is 0 Å². The average Bonchev–Trinajstić information content (AvgIpc) is 3.08. The first-order valence-electron chi connectivity index (χ1n) is 6.92. The van der Waals surface area contributed by atoms with Crippen molar-refractivity contribution in [3.05, 3.63) is 35.5 Å². The van der Waals surface area contributed by atoms with Crippen LogP contribution in [0.2, 0.25) is 0 Å². The normalized spacial score (nSPS) is 15.1. The highest BCUT2D eigenvalue weighted by Crippen LogP contribution is 2.19. The number of hydrogen-bond acceptors (Lipinski definition) is 5. The molecule has 3 heterocycles. The van der Waals surface area contributed by atoms with Crippen molar-refractivity contribution >= 4 is 0 Å². The van der Waals surface area contributed by atoms with Gasteiger partial charge in [0.05, 0.1) is 13.2 Å². The van der Waals surface area contributed by atoms with Gasteiger partial charge >= 0.3 is 0 Å². The molecule has 0 saturated heterocycles. The Labute approximate surface area is 118 Å². The number of ether oxygens (including phenoxy) is 1. The Morgan fingerprint density at radius 1 is 1.40 bits per heavy atom. The van der Waals surface area contributed by atoms with Crippen molar-refractivity contribution in [3.63, 3.8) is 0 Å². The fraction of sp³-hybridized carbons (Fsp3) is 0.500. The van der Waals surface area contributed by atoms with Gasteiger partial charge in [0.1, 0.15) is 11.6 Å². The molecule has 0 aliphatic carbocycles. The zero-order chi connectivity index (χ0) is 13.9. The van der Waals surface area contributed by atoms with Gasteiger partial charge in [0.15, 0.2) is 0 Å². The molecule has 1 unspecified atom stereocenters. The highest BCUT2D eigenvalue weighted by Gasteiger charge is 2.20. The quantitative estimate of drug-likeness (QED) is 0.894. The summed E-state index contributed by atoms with van der Waals surface area (Å²) in [5.74, 6) is 2.77. The molecule has 0 saturated carbocycles. The largest absolute Gasteiger partial charge is 0.481 e. The van der Waals surface area contributed by atoms with E-state index in [0.29, 0.717) is 5.88 Å². The molecule has 2 aromatic heterocycles. The first kappa shape index (κ1) is 13.1. The molecule has 20 heavy (non-hydrogen) atoms. The summed E-state index contributed by atoms with van der Waals surface area (Å²) in [6.45, 7) is 3.90. The summed E-state index contributed by atoms with van der Waals surface area (Å²) in [5, 5.41) is 12.0. The lowest BCUT2D eigenvalue weighted by Gasteiger charge is -2.13. The van der Waals surface area contributed by atoms with Gasteiger partial charge in [0.25, 0.3) is 0 Å². The molecule has 0 spiro atoms. The SMILES string of the molecule is COc1ccc(CNC(C)c2nnc3n2CCC3)cn1. The number of nitrogens with zero attached hydrogens (tertiary/aromatic N) is 4. The number of hydrogen-bond donors (Lipinski definition) is 1. The molecule has 0 bridgehead atoms. The topological polar surface area (TPSA) is 64.9 Å². The smallest absolute Gasteiger partial charge is 0.212 e. The molecule has 0 fully saturated rings. The van der Waals surface area contributed by atoms with E-state index in [1.807, 2.05) is 18.3 Å². The summed E-state index contributed by atoms with van der Waals surface area (Å²) in [6.07, 6.45) is 4.04. The third-order valence-electron chi connectivity index (χ3n) is 3.64. The molecule has 1 N–H and O–H groups in total. The van der Waals surface area contributed by atoms with Gasteiger partial charge in [-0.15, -0.1) is 10.2 Å². The third kappa shape index (κ3) is 2.51. The zero-order valence-corrected chi connectivity index (χ0v) is 11.8. The standard InChI is InChI=1S/C14H19N5O/c1-10(14-18-17-12-4-3-7-19(12)14)15-8-11-5-6-13(20-2)16-9-11/h5-6,9-10,15H,3-4,7-8H2,1-2H3. The Balaban J connectivity index is 1.62. The maximum Gasteiger partial charge on any atom is 0.212 e. The number of pyridine rings is 1. The minimum atomic E-state index is 0.177. The number of methoxy groups -OCH3 is 1. The lowest BCUT2D eigenvalue weighted by molar-refractivity contribution is 0.397. The monoisotopic (exact) mass is 273 g/mol. The summed E-state index contributed by atoms with van der Waals surface area (Å²) in [7, 11) is 1.62. The Morgan fingerprint density at radius 2 is 2.30 bits per heavy atom. The van der Waals surface area contributed by atoms with Crippen molar-refractivity contribution < 1.29 is 4.74 Å². The highest BCUT2D eigenvalue weighted by molar-refractivity contribution is 5.17. The van der Waals surface area contributed by atoms with E-state index < -0.39 is 0 Å². The second-order valence-corrected chi connectivity index (χ2v) is 5.04. The molecule has 0 amide bonds. The van der Waals surface area contributed by atoms with Gasteiger partial charge in [0, 0.05) is 31.8 Å². The molecule has 1 atom stereocenters. The van der Waals surface area contributed by atoms with Crippen LogP contribution in [0.3, 0.4) is 0 Å². The second-order valence-electron chi connectivity index (χ2n) is 5.04. The van der Waals surface area contributed by atoms with Crippen molar-refractivity contribution in [2.45, 2.75) is 38.9 Å². The van der Waals surface area contributed by atoms with Gasteiger partial charge in [-0.05, 0) is 18.9 Å². The number of aryl methyl sites for hydroxylation is 1. The fourth-order valence-electron chi connectivity index (χ4n) is 2.49. The molecule has 1 aliphatic heterocycles. The minimum Gasteiger partial charge on any atom is -0.481 e. The van der Waals surface area contributed by atoms with E-state index >= 15 is 0 Å². The van der Waals surface area contributed by atoms with E-state index in [0.717, 1.165) is 36.7 Å². The van der Waals surface area contributed by atoms with Gasteiger partial charge in [-0.1, -0.05) is 6.07 Å². The lowest BCUT2D eigenvalue weighted by atomic mass is 10.2. The number of rotatable bonds is 5. The third-order valence-corrected chi connectivity index (χ3v) is 3.64. The molecular weight excluding hydrogens is 254 g/mol. The van der Waals surface area contributed by atoms with Gasteiger partial charge in [0.2, 0.25) is 5.88 Å². The molecule has 106 valence electrons. The van der Waals surface area contributed by atoms with Crippen molar-refractivity contribution in [3.8, 4) is 5.88 Å². The molecule has 1 aliphatic rings. The van der Waals surface area contributed by atoms with Crippen molar-refractivity contribution in [2.24, 2.45) is 0 Å². The lowest BCUT2D eigenvalue weighted by Crippen LogP contribution is -2.21. The molecule has 2 aromatic rings. The number of nitrogens with one attached hydrogen (secondary N) is 1. The summed E-state index contributed by atoms with van der Waals surface area (Å²) < 4.78 is 7.28. The maximum absolute atomic E-state index is 5.05. The Hall–Kier alpha value is -1.95. The summed E-state index contributed by atoms with van der Waals surface area (Å²) in [6, 6.07) is 4.06. The summed E-state index contributed by atoms with van der Waals surface area (Å²) in [5.41, 5.74) is 1.12. The van der Waals surface area contributed by atoms with Crippen LogP contribution in [-0.4, -0.2) is 26.9 Å². The van der Waals surface area contributed by atoms with Crippen LogP contribution in [-0.2, 0) is 19.5 Å². The zero-order valence-electron chi connectivity index (χ0n) is 11.8. The maximum atomic E-state index is 5.05. The van der Waals surface area contributed by atoms with Crippen molar-refractivity contribution in [2.75, 3.05) is 7.11 Å². The number of fused-ring (bicyclic) bond motifs is 1. The van der Waals surface area contributed by atoms with Crippen molar-refractivity contribution in [1.29, 1.82) is 0 Å². The van der Waals surface area contributed by atoms with E-state index in [1.165, 1.54) is 6.42 Å². The van der Waals surface area contributed by atoms with Crippen LogP contribution in [0.25, 0.3) is 0 Å². The van der Waals surface area contributed by atoms with Gasteiger partial charge < -0.3 is 14.6 Å². The predicted molar refractivity (Wildman–Crippen MR) is 74.4 cm³/mol. The van der Waals surface area contributed by atoms with E-state index in [4.69, 9.17) is 4.74 Å². The van der Waals surface area contributed by atoms with E-state index in [9.17, 15) is 0 Å². The van der Waals surface area contributed by atoms with Crippen LogP contribution in [0.15, 0.2) is 18.3 Å². The van der Waals surface area contributed by atoms with Crippen LogP contribution in [0.5, 0.6) is 5.88 Å². The van der Waals surface area contributed by atoms with Gasteiger partial charge in [-0.3, -0.25) is 0 Å². The Kier molecular flexibility index (Phi) is 3.64. The second kappa shape index (κ2) is 5.58. The molecule has 0 radical (unpaired) electrons. The Morgan fingerprint density at radius 3 is 3.05 bits per heavy atom. The van der Waals surface area contributed by atoms with Crippen LogP contribution >= 0.6 is 0 Å². The number of aromatic nitrogens is 4. The molecule has 3 rings (SSSR count). The van der Waals surface area contributed by atoms with Crippen LogP contribution in [0.1, 0.15) is 36.6 Å². The first-order chi connectivity index (χ1) is 9.78. The van der Waals surface area contributed by atoms with E-state index in [-0.39, 0.29) is 6.04 Å². The van der Waals surface area contributed by atoms with Gasteiger partial charge in [-0.2, -0.15) is 0 Å². The minimum absolute atomic E-state index is 0.177. The molecule has 0 aromatic carbocycles. The average molecular weight is 273 g/mol. The first-order valence-corrected chi connectivity index (χ1v) is 6.92. The highest BCUT2D eigenvalue weighted by atomic mass is 16.5. The van der Waals surface area contributed by atoms with E-state index in [1.54, 1.807) is 7.11 Å². The summed E-state index contributed by atoms with van der Waals surface area (Å²) in [4.78, 5) is 4.20. The Bertz CT molecular complexity index is 578. The summed E-state index contributed by atoms with van der Waals surface area (Å²) >= 11 is 0. The molecule has 6 heteroatoms. The van der Waals surface area contributed by atoms with Gasteiger partial charge in [-0.25, -0.2) is 4.98 Å². The van der Waals surface area contributed by atoms with E-state index in [2.05, 4.69) is 32.0 Å². The van der Waals surface area contributed by atoms with Crippen LogP contribution in [0, 0.1) is 0 Å². The fourth-order valence-corrected chi connectivity index (χ4v) is 2.49. The van der Waals surface area contributed by atoms with Crippen LogP contribution < -0.4 is 10.1 Å². The van der Waals surface area contributed by atoms with Crippen molar-refractivity contribution in [1.82, 2.24) is 25.1 Å². The molecular formula is C14H19N5O. The molecule has 6 nitrogen and oxygen atoms in total.